The first kappa shape index (κ1) is 14.6. The van der Waals surface area contributed by atoms with Gasteiger partial charge in [-0.2, -0.15) is 5.26 Å². The summed E-state index contributed by atoms with van der Waals surface area (Å²) in [5.41, 5.74) is 1.36. The highest BCUT2D eigenvalue weighted by Crippen LogP contribution is 2.41. The summed E-state index contributed by atoms with van der Waals surface area (Å²) in [7, 11) is 0. The van der Waals surface area contributed by atoms with Crippen LogP contribution in [-0.4, -0.2) is 12.5 Å². The molecule has 3 heteroatoms. The van der Waals surface area contributed by atoms with Gasteiger partial charge in [0.15, 0.2) is 0 Å². The molecule has 0 atom stereocenters. The van der Waals surface area contributed by atoms with Crippen LogP contribution in [0.5, 0.6) is 0 Å². The molecule has 0 spiro atoms. The smallest absolute Gasteiger partial charge is 0.237 e. The minimum atomic E-state index is -0.443. The predicted octanol–water partition coefficient (Wildman–Crippen LogP) is 3.64. The molecule has 1 aliphatic rings. The first-order valence-corrected chi connectivity index (χ1v) is 7.12. The zero-order chi connectivity index (χ0) is 15.0. The maximum Gasteiger partial charge on any atom is 0.237 e. The van der Waals surface area contributed by atoms with E-state index in [1.165, 1.54) is 0 Å². The number of para-hydroxylation sites is 1. The molecule has 0 saturated heterocycles. The van der Waals surface area contributed by atoms with Crippen molar-refractivity contribution in [2.45, 2.75) is 46.0 Å². The number of amides is 1. The Bertz CT molecular complexity index is 567. The molecule has 20 heavy (non-hydrogen) atoms. The summed E-state index contributed by atoms with van der Waals surface area (Å²) in [6, 6.07) is 10.3. The van der Waals surface area contributed by atoms with Crippen molar-refractivity contribution in [2.24, 2.45) is 5.41 Å². The van der Waals surface area contributed by atoms with Crippen LogP contribution in [0.15, 0.2) is 24.3 Å². The average molecular weight is 270 g/mol. The third-order valence-electron chi connectivity index (χ3n) is 4.13. The molecule has 1 aromatic carbocycles. The van der Waals surface area contributed by atoms with Gasteiger partial charge in [-0.05, 0) is 52.2 Å². The van der Waals surface area contributed by atoms with Gasteiger partial charge >= 0.3 is 0 Å². The van der Waals surface area contributed by atoms with E-state index in [4.69, 9.17) is 5.26 Å². The molecule has 0 bridgehead atoms. The summed E-state index contributed by atoms with van der Waals surface area (Å²) >= 11 is 0. The third kappa shape index (κ3) is 2.43. The van der Waals surface area contributed by atoms with Crippen LogP contribution >= 0.6 is 0 Å². The molecule has 1 aromatic rings. The van der Waals surface area contributed by atoms with E-state index in [0.29, 0.717) is 6.54 Å². The molecule has 3 nitrogen and oxygen atoms in total. The second-order valence-corrected chi connectivity index (χ2v) is 6.70. The Morgan fingerprint density at radius 2 is 1.95 bits per heavy atom. The molecule has 1 amide bonds. The molecule has 0 fully saturated rings. The van der Waals surface area contributed by atoms with E-state index in [0.717, 1.165) is 24.1 Å². The number of hydrogen-bond acceptors (Lipinski definition) is 2. The maximum atomic E-state index is 12.6. The molecule has 0 N–H and O–H groups in total. The second-order valence-electron chi connectivity index (χ2n) is 6.70. The number of carbonyl (C=O) groups excluding carboxylic acids is 1. The molecular weight excluding hydrogens is 248 g/mol. The van der Waals surface area contributed by atoms with E-state index in [2.05, 4.69) is 6.07 Å². The minimum Gasteiger partial charge on any atom is -0.311 e. The summed E-state index contributed by atoms with van der Waals surface area (Å²) in [5, 5.41) is 9.05. The fourth-order valence-corrected chi connectivity index (χ4v) is 2.76. The molecule has 0 aliphatic carbocycles. The highest BCUT2D eigenvalue weighted by atomic mass is 16.2. The first-order chi connectivity index (χ1) is 9.29. The number of benzene rings is 1. The number of rotatable bonds is 4. The highest BCUT2D eigenvalue weighted by molar-refractivity contribution is 6.07. The van der Waals surface area contributed by atoms with E-state index in [1.54, 1.807) is 0 Å². The molecule has 106 valence electrons. The van der Waals surface area contributed by atoms with Gasteiger partial charge in [0.2, 0.25) is 5.91 Å². The molecule has 0 radical (unpaired) electrons. The van der Waals surface area contributed by atoms with Crippen molar-refractivity contribution in [3.8, 4) is 6.07 Å². The van der Waals surface area contributed by atoms with E-state index in [9.17, 15) is 4.79 Å². The number of fused-ring (bicyclic) bond motifs is 1. The predicted molar refractivity (Wildman–Crippen MR) is 80.4 cm³/mol. The summed E-state index contributed by atoms with van der Waals surface area (Å²) in [6.45, 7) is 8.53. The monoisotopic (exact) mass is 270 g/mol. The molecule has 1 heterocycles. The quantitative estimate of drug-likeness (QED) is 0.838. The van der Waals surface area contributed by atoms with Crippen LogP contribution in [0.2, 0.25) is 0 Å². The van der Waals surface area contributed by atoms with Crippen LogP contribution in [0.25, 0.3) is 0 Å². The summed E-state index contributed by atoms with van der Waals surface area (Å²) in [6.07, 6.45) is 1.65. The van der Waals surface area contributed by atoms with Gasteiger partial charge in [-0.25, -0.2) is 0 Å². The highest BCUT2D eigenvalue weighted by Gasteiger charge is 2.43. The van der Waals surface area contributed by atoms with Crippen LogP contribution in [0.3, 0.4) is 0 Å². The Hall–Kier alpha value is -1.82. The second kappa shape index (κ2) is 4.94. The van der Waals surface area contributed by atoms with E-state index in [-0.39, 0.29) is 11.3 Å². The van der Waals surface area contributed by atoms with Crippen LogP contribution in [0.4, 0.5) is 5.69 Å². The van der Waals surface area contributed by atoms with Crippen molar-refractivity contribution in [1.82, 2.24) is 0 Å². The molecule has 0 saturated carbocycles. The van der Waals surface area contributed by atoms with Crippen LogP contribution in [0.1, 0.15) is 46.1 Å². The summed E-state index contributed by atoms with van der Waals surface area (Å²) < 4.78 is 0. The minimum absolute atomic E-state index is 0.161. The van der Waals surface area contributed by atoms with Crippen molar-refractivity contribution < 1.29 is 4.79 Å². The van der Waals surface area contributed by atoms with Crippen molar-refractivity contribution in [3.05, 3.63) is 29.8 Å². The largest absolute Gasteiger partial charge is 0.311 e. The fraction of sp³-hybridized carbons (Fsp3) is 0.529. The van der Waals surface area contributed by atoms with Crippen molar-refractivity contribution in [2.75, 3.05) is 11.4 Å². The van der Waals surface area contributed by atoms with E-state index in [1.807, 2.05) is 56.9 Å². The normalized spacial score (nSPS) is 16.9. The zero-order valence-electron chi connectivity index (χ0n) is 12.7. The number of nitrogens with zero attached hydrogens (tertiary/aromatic N) is 2. The van der Waals surface area contributed by atoms with E-state index < -0.39 is 5.41 Å². The Kier molecular flexibility index (Phi) is 3.60. The van der Waals surface area contributed by atoms with Gasteiger partial charge in [0.05, 0.1) is 16.9 Å². The van der Waals surface area contributed by atoms with Crippen molar-refractivity contribution in [1.29, 1.82) is 5.26 Å². The zero-order valence-corrected chi connectivity index (χ0v) is 12.7. The Balaban J connectivity index is 2.14. The number of anilines is 1. The Morgan fingerprint density at radius 1 is 1.30 bits per heavy atom. The number of carbonyl (C=O) groups is 1. The maximum absolute atomic E-state index is 12.6. The topological polar surface area (TPSA) is 44.1 Å². The molecule has 0 aromatic heterocycles. The molecule has 1 aliphatic heterocycles. The lowest BCUT2D eigenvalue weighted by Crippen LogP contribution is -2.37. The lowest BCUT2D eigenvalue weighted by Gasteiger charge is -2.22. The Morgan fingerprint density at radius 3 is 2.60 bits per heavy atom. The van der Waals surface area contributed by atoms with Crippen molar-refractivity contribution in [3.63, 3.8) is 0 Å². The van der Waals surface area contributed by atoms with E-state index >= 15 is 0 Å². The van der Waals surface area contributed by atoms with Gasteiger partial charge in [0, 0.05) is 12.2 Å². The average Bonchev–Trinajstić information content (AvgIpc) is 2.60. The molecule has 0 unspecified atom stereocenters. The van der Waals surface area contributed by atoms with Gasteiger partial charge in [-0.15, -0.1) is 0 Å². The number of nitriles is 1. The van der Waals surface area contributed by atoms with Gasteiger partial charge in [0.25, 0.3) is 0 Å². The van der Waals surface area contributed by atoms with Crippen LogP contribution < -0.4 is 4.90 Å². The molecule has 2 rings (SSSR count). The lowest BCUT2D eigenvalue weighted by atomic mass is 9.86. The third-order valence-corrected chi connectivity index (χ3v) is 4.13. The van der Waals surface area contributed by atoms with Crippen LogP contribution in [0, 0.1) is 16.7 Å². The van der Waals surface area contributed by atoms with Gasteiger partial charge in [0.1, 0.15) is 0 Å². The standard InChI is InChI=1S/C17H22N2O/c1-16(2,12-18)10-7-11-19-14-9-6-5-8-13(14)17(3,4)15(19)20/h5-6,8-9H,7,10-11H2,1-4H3. The number of hydrogen-bond donors (Lipinski definition) is 0. The van der Waals surface area contributed by atoms with Gasteiger partial charge in [-0.1, -0.05) is 18.2 Å². The summed E-state index contributed by atoms with van der Waals surface area (Å²) in [4.78, 5) is 14.4. The van der Waals surface area contributed by atoms with Crippen LogP contribution in [-0.2, 0) is 10.2 Å². The van der Waals surface area contributed by atoms with Gasteiger partial charge < -0.3 is 4.90 Å². The molecular formula is C17H22N2O. The SMILES string of the molecule is CC(C)(C#N)CCCN1C(=O)C(C)(C)c2ccccc21. The Labute approximate surface area is 121 Å². The summed E-state index contributed by atoms with van der Waals surface area (Å²) in [5.74, 6) is 0.161. The van der Waals surface area contributed by atoms with Crippen molar-refractivity contribution >= 4 is 11.6 Å². The lowest BCUT2D eigenvalue weighted by molar-refractivity contribution is -0.122. The first-order valence-electron chi connectivity index (χ1n) is 7.12. The van der Waals surface area contributed by atoms with Gasteiger partial charge in [-0.3, -0.25) is 4.79 Å². The fourth-order valence-electron chi connectivity index (χ4n) is 2.76.